The van der Waals surface area contributed by atoms with E-state index in [4.69, 9.17) is 0 Å². The van der Waals surface area contributed by atoms with Crippen molar-refractivity contribution in [1.82, 2.24) is 20.2 Å². The molecule has 0 N–H and O–H groups in total. The van der Waals surface area contributed by atoms with Gasteiger partial charge < -0.3 is 0 Å². The van der Waals surface area contributed by atoms with Gasteiger partial charge in [0.05, 0.1) is 0 Å². The summed E-state index contributed by atoms with van der Waals surface area (Å²) >= 11 is 1.69. The number of aryl methyl sites for hydroxylation is 1. The molecule has 0 spiro atoms. The first-order chi connectivity index (χ1) is 8.66. The van der Waals surface area contributed by atoms with Gasteiger partial charge in [0.2, 0.25) is 5.16 Å². The highest BCUT2D eigenvalue weighted by Gasteiger charge is 2.09. The maximum Gasteiger partial charge on any atom is 0.209 e. The number of thioether (sulfide) groups is 1. The van der Waals surface area contributed by atoms with Crippen LogP contribution in [0.2, 0.25) is 0 Å². The van der Waals surface area contributed by atoms with Gasteiger partial charge in [-0.05, 0) is 34.4 Å². The molecule has 0 unspecified atom stereocenters. The lowest BCUT2D eigenvalue weighted by Gasteiger charge is -2.07. The molecule has 0 fully saturated rings. The number of nitrogens with zero attached hydrogens (tertiary/aromatic N) is 4. The SMILES string of the molecule is Cc1ccccc1CSc1nnnn1CC(C)C. The van der Waals surface area contributed by atoms with E-state index < -0.39 is 0 Å². The van der Waals surface area contributed by atoms with E-state index in [9.17, 15) is 0 Å². The molecule has 96 valence electrons. The number of benzene rings is 1. The van der Waals surface area contributed by atoms with Crippen molar-refractivity contribution in [2.45, 2.75) is 38.2 Å². The summed E-state index contributed by atoms with van der Waals surface area (Å²) in [4.78, 5) is 0. The highest BCUT2D eigenvalue weighted by atomic mass is 32.2. The summed E-state index contributed by atoms with van der Waals surface area (Å²) in [7, 11) is 0. The van der Waals surface area contributed by atoms with Crippen molar-refractivity contribution in [3.63, 3.8) is 0 Å². The van der Waals surface area contributed by atoms with Crippen molar-refractivity contribution in [2.24, 2.45) is 5.92 Å². The third kappa shape index (κ3) is 3.32. The number of hydrogen-bond donors (Lipinski definition) is 0. The van der Waals surface area contributed by atoms with Gasteiger partial charge in [0.15, 0.2) is 0 Å². The van der Waals surface area contributed by atoms with Crippen molar-refractivity contribution in [1.29, 1.82) is 0 Å². The van der Waals surface area contributed by atoms with E-state index >= 15 is 0 Å². The highest BCUT2D eigenvalue weighted by Crippen LogP contribution is 2.22. The van der Waals surface area contributed by atoms with E-state index in [1.165, 1.54) is 11.1 Å². The Morgan fingerprint density at radius 3 is 2.78 bits per heavy atom. The van der Waals surface area contributed by atoms with Gasteiger partial charge in [-0.1, -0.05) is 49.9 Å². The fourth-order valence-electron chi connectivity index (χ4n) is 1.67. The molecule has 0 atom stereocenters. The van der Waals surface area contributed by atoms with Crippen molar-refractivity contribution < 1.29 is 0 Å². The van der Waals surface area contributed by atoms with Crippen LogP contribution < -0.4 is 0 Å². The zero-order valence-electron chi connectivity index (χ0n) is 11.0. The molecule has 18 heavy (non-hydrogen) atoms. The zero-order valence-corrected chi connectivity index (χ0v) is 11.8. The highest BCUT2D eigenvalue weighted by molar-refractivity contribution is 7.98. The van der Waals surface area contributed by atoms with Crippen LogP contribution in [0, 0.1) is 12.8 Å². The fraction of sp³-hybridized carbons (Fsp3) is 0.462. The molecule has 0 radical (unpaired) electrons. The van der Waals surface area contributed by atoms with Crippen LogP contribution in [-0.4, -0.2) is 20.2 Å². The summed E-state index contributed by atoms with van der Waals surface area (Å²) in [5, 5.41) is 12.8. The maximum absolute atomic E-state index is 4.08. The third-order valence-corrected chi connectivity index (χ3v) is 3.66. The lowest BCUT2D eigenvalue weighted by atomic mass is 10.1. The van der Waals surface area contributed by atoms with Gasteiger partial charge in [0, 0.05) is 12.3 Å². The van der Waals surface area contributed by atoms with Crippen LogP contribution in [0.15, 0.2) is 29.4 Å². The average Bonchev–Trinajstić information content (AvgIpc) is 2.75. The van der Waals surface area contributed by atoms with Gasteiger partial charge in [-0.2, -0.15) is 0 Å². The zero-order chi connectivity index (χ0) is 13.0. The minimum atomic E-state index is 0.548. The fourth-order valence-corrected chi connectivity index (χ4v) is 2.64. The monoisotopic (exact) mass is 262 g/mol. The van der Waals surface area contributed by atoms with Gasteiger partial charge in [-0.25, -0.2) is 4.68 Å². The molecule has 5 heteroatoms. The summed E-state index contributed by atoms with van der Waals surface area (Å²) in [5.41, 5.74) is 2.65. The van der Waals surface area contributed by atoms with Crippen LogP contribution in [0.1, 0.15) is 25.0 Å². The predicted molar refractivity (Wildman–Crippen MR) is 73.4 cm³/mol. The Bertz CT molecular complexity index is 507. The summed E-state index contributed by atoms with van der Waals surface area (Å²) < 4.78 is 1.88. The summed E-state index contributed by atoms with van der Waals surface area (Å²) in [6.45, 7) is 7.32. The molecule has 4 nitrogen and oxygen atoms in total. The lowest BCUT2D eigenvalue weighted by molar-refractivity contribution is 0.446. The van der Waals surface area contributed by atoms with E-state index in [1.807, 2.05) is 4.68 Å². The summed E-state index contributed by atoms with van der Waals surface area (Å²) in [6.07, 6.45) is 0. The van der Waals surface area contributed by atoms with E-state index in [-0.39, 0.29) is 0 Å². The molecule has 1 aromatic heterocycles. The Labute approximate surface area is 112 Å². The Balaban J connectivity index is 2.02. The topological polar surface area (TPSA) is 43.6 Å². The second kappa shape index (κ2) is 6.00. The van der Waals surface area contributed by atoms with Crippen molar-refractivity contribution in [3.8, 4) is 0 Å². The van der Waals surface area contributed by atoms with Crippen molar-refractivity contribution in [3.05, 3.63) is 35.4 Å². The first-order valence-electron chi connectivity index (χ1n) is 6.10. The second-order valence-electron chi connectivity index (χ2n) is 4.75. The van der Waals surface area contributed by atoms with E-state index in [2.05, 4.69) is 60.6 Å². The number of aromatic nitrogens is 4. The lowest BCUT2D eigenvalue weighted by Crippen LogP contribution is -2.07. The van der Waals surface area contributed by atoms with Crippen LogP contribution >= 0.6 is 11.8 Å². The molecular formula is C13H18N4S. The van der Waals surface area contributed by atoms with Crippen LogP contribution in [-0.2, 0) is 12.3 Å². The standard InChI is InChI=1S/C13H18N4S/c1-10(2)8-17-13(14-15-16-17)18-9-12-7-5-4-6-11(12)3/h4-7,10H,8-9H2,1-3H3. The Hall–Kier alpha value is -1.36. The molecule has 1 aromatic carbocycles. The number of tetrazole rings is 1. The first-order valence-corrected chi connectivity index (χ1v) is 7.09. The number of hydrogen-bond acceptors (Lipinski definition) is 4. The van der Waals surface area contributed by atoms with Gasteiger partial charge in [-0.3, -0.25) is 0 Å². The Kier molecular flexibility index (Phi) is 4.36. The molecule has 1 heterocycles. The van der Waals surface area contributed by atoms with Crippen LogP contribution in [0.5, 0.6) is 0 Å². The Morgan fingerprint density at radius 2 is 2.06 bits per heavy atom. The quantitative estimate of drug-likeness (QED) is 0.777. The summed E-state index contributed by atoms with van der Waals surface area (Å²) in [6, 6.07) is 8.41. The molecule has 2 rings (SSSR count). The van der Waals surface area contributed by atoms with Crippen molar-refractivity contribution in [2.75, 3.05) is 0 Å². The third-order valence-electron chi connectivity index (χ3n) is 2.66. The molecule has 0 aliphatic carbocycles. The predicted octanol–water partition coefficient (Wildman–Crippen LogP) is 2.93. The molecule has 2 aromatic rings. The van der Waals surface area contributed by atoms with Gasteiger partial charge in [0.25, 0.3) is 0 Å². The molecule has 0 saturated heterocycles. The average molecular weight is 262 g/mol. The molecular weight excluding hydrogens is 244 g/mol. The van der Waals surface area contributed by atoms with Crippen LogP contribution in [0.4, 0.5) is 0 Å². The van der Waals surface area contributed by atoms with E-state index in [1.54, 1.807) is 11.8 Å². The van der Waals surface area contributed by atoms with E-state index in [0.29, 0.717) is 5.92 Å². The van der Waals surface area contributed by atoms with Gasteiger partial charge in [-0.15, -0.1) is 5.10 Å². The Morgan fingerprint density at radius 1 is 1.28 bits per heavy atom. The molecule has 0 saturated carbocycles. The van der Waals surface area contributed by atoms with Crippen LogP contribution in [0.25, 0.3) is 0 Å². The largest absolute Gasteiger partial charge is 0.220 e. The smallest absolute Gasteiger partial charge is 0.209 e. The number of rotatable bonds is 5. The van der Waals surface area contributed by atoms with Crippen LogP contribution in [0.3, 0.4) is 0 Å². The molecule has 0 aliphatic heterocycles. The minimum Gasteiger partial charge on any atom is -0.220 e. The van der Waals surface area contributed by atoms with Gasteiger partial charge >= 0.3 is 0 Å². The maximum atomic E-state index is 4.08. The normalized spacial score (nSPS) is 11.1. The second-order valence-corrected chi connectivity index (χ2v) is 5.70. The minimum absolute atomic E-state index is 0.548. The molecule has 0 bridgehead atoms. The molecule has 0 aliphatic rings. The first kappa shape index (κ1) is 13.1. The van der Waals surface area contributed by atoms with E-state index in [0.717, 1.165) is 17.5 Å². The van der Waals surface area contributed by atoms with Gasteiger partial charge in [0.1, 0.15) is 0 Å². The van der Waals surface area contributed by atoms with Crippen molar-refractivity contribution >= 4 is 11.8 Å². The summed E-state index contributed by atoms with van der Waals surface area (Å²) in [5.74, 6) is 1.46. The molecule has 0 amide bonds.